The van der Waals surface area contributed by atoms with Crippen molar-refractivity contribution in [2.75, 3.05) is 7.11 Å². The van der Waals surface area contributed by atoms with Crippen molar-refractivity contribution in [2.24, 2.45) is 0 Å². The summed E-state index contributed by atoms with van der Waals surface area (Å²) in [6.45, 7) is 2.12. The second-order valence-corrected chi connectivity index (χ2v) is 6.40. The number of thiazole rings is 1. The van der Waals surface area contributed by atoms with Crippen LogP contribution in [0.1, 0.15) is 34.9 Å². The number of aliphatic hydroxyl groups is 1. The van der Waals surface area contributed by atoms with Crippen LogP contribution in [-0.4, -0.2) is 17.2 Å². The maximum absolute atomic E-state index is 9.00. The number of hydrogen-bond donors (Lipinski definition) is 1. The van der Waals surface area contributed by atoms with Crippen LogP contribution in [0.3, 0.4) is 0 Å². The van der Waals surface area contributed by atoms with Gasteiger partial charge in [-0.1, -0.05) is 24.3 Å². The maximum atomic E-state index is 9.00. The molecule has 0 saturated carbocycles. The first-order valence-electron chi connectivity index (χ1n) is 6.46. The van der Waals surface area contributed by atoms with E-state index in [0.29, 0.717) is 0 Å². The van der Waals surface area contributed by atoms with E-state index in [1.807, 2.05) is 30.8 Å². The van der Waals surface area contributed by atoms with Crippen molar-refractivity contribution in [3.05, 3.63) is 51.5 Å². The molecule has 0 radical (unpaired) electrons. The molecule has 1 unspecified atom stereocenters. The van der Waals surface area contributed by atoms with Crippen molar-refractivity contribution in [1.82, 2.24) is 4.98 Å². The molecular weight excluding hydrogens is 290 g/mol. The van der Waals surface area contributed by atoms with Crippen molar-refractivity contribution in [3.63, 3.8) is 0 Å². The standard InChI is InChI=1S/C15H19NO2S2/c1-11(18-2)15-16-14(10-20-15)9-19-8-13-5-3-12(7-17)4-6-13/h3-6,10-11,17H,7-9H2,1-2H3. The first-order valence-corrected chi connectivity index (χ1v) is 8.50. The molecule has 20 heavy (non-hydrogen) atoms. The lowest BCUT2D eigenvalue weighted by Gasteiger charge is -2.04. The van der Waals surface area contributed by atoms with Gasteiger partial charge in [0.25, 0.3) is 0 Å². The van der Waals surface area contributed by atoms with Crippen molar-refractivity contribution < 1.29 is 9.84 Å². The predicted molar refractivity (Wildman–Crippen MR) is 84.9 cm³/mol. The highest BCUT2D eigenvalue weighted by Crippen LogP contribution is 2.24. The van der Waals surface area contributed by atoms with Gasteiger partial charge in [0, 0.05) is 24.0 Å². The number of aromatic nitrogens is 1. The summed E-state index contributed by atoms with van der Waals surface area (Å²) >= 11 is 3.50. The maximum Gasteiger partial charge on any atom is 0.122 e. The molecule has 5 heteroatoms. The normalized spacial score (nSPS) is 12.6. The molecule has 1 heterocycles. The van der Waals surface area contributed by atoms with E-state index in [0.717, 1.165) is 27.8 Å². The van der Waals surface area contributed by atoms with Gasteiger partial charge >= 0.3 is 0 Å². The average Bonchev–Trinajstić information content (AvgIpc) is 2.96. The molecule has 0 bridgehead atoms. The third-order valence-electron chi connectivity index (χ3n) is 3.00. The molecule has 0 spiro atoms. The van der Waals surface area contributed by atoms with E-state index < -0.39 is 0 Å². The molecule has 108 valence electrons. The highest BCUT2D eigenvalue weighted by molar-refractivity contribution is 7.97. The first kappa shape index (κ1) is 15.5. The minimum absolute atomic E-state index is 0.0739. The summed E-state index contributed by atoms with van der Waals surface area (Å²) in [5.74, 6) is 1.87. The lowest BCUT2D eigenvalue weighted by Crippen LogP contribution is -1.95. The van der Waals surface area contributed by atoms with E-state index in [2.05, 4.69) is 22.5 Å². The Morgan fingerprint density at radius 2 is 1.95 bits per heavy atom. The molecule has 1 aromatic heterocycles. The number of hydrogen-bond acceptors (Lipinski definition) is 5. The number of nitrogens with zero attached hydrogens (tertiary/aromatic N) is 1. The van der Waals surface area contributed by atoms with Crippen LogP contribution in [0.4, 0.5) is 0 Å². The Hall–Kier alpha value is -0.880. The molecule has 0 aliphatic heterocycles. The minimum Gasteiger partial charge on any atom is -0.392 e. The zero-order valence-corrected chi connectivity index (χ0v) is 13.3. The first-order chi connectivity index (χ1) is 9.72. The second kappa shape index (κ2) is 7.78. The van der Waals surface area contributed by atoms with Gasteiger partial charge in [0.05, 0.1) is 12.3 Å². The van der Waals surface area contributed by atoms with E-state index in [1.165, 1.54) is 5.56 Å². The summed E-state index contributed by atoms with van der Waals surface area (Å²) in [6.07, 6.45) is 0.0739. The summed E-state index contributed by atoms with van der Waals surface area (Å²) in [4.78, 5) is 4.58. The van der Waals surface area contributed by atoms with Gasteiger partial charge < -0.3 is 9.84 Å². The zero-order valence-electron chi connectivity index (χ0n) is 11.7. The molecular formula is C15H19NO2S2. The average molecular weight is 309 g/mol. The van der Waals surface area contributed by atoms with Crippen LogP contribution in [0.5, 0.6) is 0 Å². The number of benzene rings is 1. The van der Waals surface area contributed by atoms with E-state index >= 15 is 0 Å². The van der Waals surface area contributed by atoms with Gasteiger partial charge in [0.15, 0.2) is 0 Å². The molecule has 0 fully saturated rings. The van der Waals surface area contributed by atoms with Gasteiger partial charge in [0.2, 0.25) is 0 Å². The lowest BCUT2D eigenvalue weighted by atomic mass is 10.2. The number of methoxy groups -OCH3 is 1. The Balaban J connectivity index is 1.81. The van der Waals surface area contributed by atoms with Gasteiger partial charge in [-0.25, -0.2) is 4.98 Å². The molecule has 0 aliphatic rings. The van der Waals surface area contributed by atoms with Crippen molar-refractivity contribution in [2.45, 2.75) is 31.1 Å². The molecule has 2 aromatic rings. The fraction of sp³-hybridized carbons (Fsp3) is 0.400. The largest absolute Gasteiger partial charge is 0.392 e. The Kier molecular flexibility index (Phi) is 6.04. The fourth-order valence-corrected chi connectivity index (χ4v) is 3.53. The number of rotatable bonds is 7. The Labute approximate surface area is 128 Å². The molecule has 1 N–H and O–H groups in total. The van der Waals surface area contributed by atoms with Crippen LogP contribution in [-0.2, 0) is 22.8 Å². The summed E-state index contributed by atoms with van der Waals surface area (Å²) in [5.41, 5.74) is 3.34. The van der Waals surface area contributed by atoms with Crippen LogP contribution in [0.25, 0.3) is 0 Å². The van der Waals surface area contributed by atoms with Crippen LogP contribution in [0.2, 0.25) is 0 Å². The van der Waals surface area contributed by atoms with Crippen LogP contribution < -0.4 is 0 Å². The molecule has 2 rings (SSSR count). The third kappa shape index (κ3) is 4.31. The van der Waals surface area contributed by atoms with Gasteiger partial charge in [-0.05, 0) is 18.1 Å². The number of aliphatic hydroxyl groups excluding tert-OH is 1. The molecule has 3 nitrogen and oxygen atoms in total. The summed E-state index contributed by atoms with van der Waals surface area (Å²) < 4.78 is 5.27. The summed E-state index contributed by atoms with van der Waals surface area (Å²) in [6, 6.07) is 8.07. The minimum atomic E-state index is 0.0739. The Morgan fingerprint density at radius 1 is 1.25 bits per heavy atom. The van der Waals surface area contributed by atoms with E-state index in [1.54, 1.807) is 18.4 Å². The highest BCUT2D eigenvalue weighted by atomic mass is 32.2. The molecule has 0 amide bonds. The zero-order chi connectivity index (χ0) is 14.4. The third-order valence-corrected chi connectivity index (χ3v) is 5.09. The van der Waals surface area contributed by atoms with Crippen molar-refractivity contribution in [3.8, 4) is 0 Å². The van der Waals surface area contributed by atoms with E-state index in [4.69, 9.17) is 9.84 Å². The Bertz CT molecular complexity index is 525. The summed E-state index contributed by atoms with van der Waals surface area (Å²) in [7, 11) is 1.70. The predicted octanol–water partition coefficient (Wildman–Crippen LogP) is 3.78. The quantitative estimate of drug-likeness (QED) is 0.845. The van der Waals surface area contributed by atoms with Crippen molar-refractivity contribution in [1.29, 1.82) is 0 Å². The van der Waals surface area contributed by atoms with E-state index in [9.17, 15) is 0 Å². The van der Waals surface area contributed by atoms with Crippen molar-refractivity contribution >= 4 is 23.1 Å². The SMILES string of the molecule is COC(C)c1nc(CSCc2ccc(CO)cc2)cs1. The lowest BCUT2D eigenvalue weighted by molar-refractivity contribution is 0.119. The highest BCUT2D eigenvalue weighted by Gasteiger charge is 2.09. The van der Waals surface area contributed by atoms with Crippen LogP contribution >= 0.6 is 23.1 Å². The summed E-state index contributed by atoms with van der Waals surface area (Å²) in [5, 5.41) is 12.1. The fourth-order valence-electron chi connectivity index (χ4n) is 1.69. The van der Waals surface area contributed by atoms with Gasteiger partial charge in [-0.15, -0.1) is 11.3 Å². The molecule has 0 saturated heterocycles. The number of ether oxygens (including phenoxy) is 1. The molecule has 0 aliphatic carbocycles. The van der Waals surface area contributed by atoms with Gasteiger partial charge in [0.1, 0.15) is 11.1 Å². The monoisotopic (exact) mass is 309 g/mol. The Morgan fingerprint density at radius 3 is 2.60 bits per heavy atom. The van der Waals surface area contributed by atoms with Crippen LogP contribution in [0, 0.1) is 0 Å². The van der Waals surface area contributed by atoms with Gasteiger partial charge in [-0.3, -0.25) is 0 Å². The topological polar surface area (TPSA) is 42.4 Å². The molecule has 1 atom stereocenters. The van der Waals surface area contributed by atoms with Crippen LogP contribution in [0.15, 0.2) is 29.6 Å². The van der Waals surface area contributed by atoms with Gasteiger partial charge in [-0.2, -0.15) is 11.8 Å². The number of thioether (sulfide) groups is 1. The van der Waals surface area contributed by atoms with E-state index in [-0.39, 0.29) is 12.7 Å². The second-order valence-electron chi connectivity index (χ2n) is 4.52. The molecule has 1 aromatic carbocycles. The smallest absolute Gasteiger partial charge is 0.122 e.